The van der Waals surface area contributed by atoms with Crippen LogP contribution in [-0.4, -0.2) is 28.5 Å². The second kappa shape index (κ2) is 4.81. The fourth-order valence-corrected chi connectivity index (χ4v) is 2.70. The SMILES string of the molecule is CC(C)NC(=O)N1CCc2[nH]c3ccc(F)cc3c2C1. The summed E-state index contributed by atoms with van der Waals surface area (Å²) in [4.78, 5) is 17.2. The number of nitrogens with one attached hydrogen (secondary N) is 2. The molecular formula is C15H18FN3O. The van der Waals surface area contributed by atoms with Crippen LogP contribution in [0.1, 0.15) is 25.1 Å². The summed E-state index contributed by atoms with van der Waals surface area (Å²) in [5.41, 5.74) is 3.08. The summed E-state index contributed by atoms with van der Waals surface area (Å²) < 4.78 is 13.4. The number of carbonyl (C=O) groups is 1. The van der Waals surface area contributed by atoms with Gasteiger partial charge >= 0.3 is 6.03 Å². The molecule has 1 aromatic carbocycles. The lowest BCUT2D eigenvalue weighted by atomic mass is 10.0. The van der Waals surface area contributed by atoms with E-state index in [2.05, 4.69) is 10.3 Å². The van der Waals surface area contributed by atoms with E-state index in [0.717, 1.165) is 28.6 Å². The van der Waals surface area contributed by atoms with Gasteiger partial charge in [-0.1, -0.05) is 0 Å². The van der Waals surface area contributed by atoms with Crippen molar-refractivity contribution in [1.29, 1.82) is 0 Å². The fourth-order valence-electron chi connectivity index (χ4n) is 2.70. The first-order valence-corrected chi connectivity index (χ1v) is 6.89. The van der Waals surface area contributed by atoms with Gasteiger partial charge in [0, 0.05) is 47.7 Å². The summed E-state index contributed by atoms with van der Waals surface area (Å²) in [5.74, 6) is -0.247. The molecule has 20 heavy (non-hydrogen) atoms. The molecule has 0 bridgehead atoms. The highest BCUT2D eigenvalue weighted by atomic mass is 19.1. The molecule has 106 valence electrons. The monoisotopic (exact) mass is 275 g/mol. The molecule has 4 nitrogen and oxygen atoms in total. The van der Waals surface area contributed by atoms with Crippen LogP contribution in [0.2, 0.25) is 0 Å². The van der Waals surface area contributed by atoms with Crippen LogP contribution in [0.15, 0.2) is 18.2 Å². The Labute approximate surface area is 117 Å². The van der Waals surface area contributed by atoms with E-state index in [0.29, 0.717) is 13.1 Å². The van der Waals surface area contributed by atoms with Crippen LogP contribution in [0.4, 0.5) is 9.18 Å². The van der Waals surface area contributed by atoms with Crippen molar-refractivity contribution < 1.29 is 9.18 Å². The minimum Gasteiger partial charge on any atom is -0.358 e. The van der Waals surface area contributed by atoms with Gasteiger partial charge in [0.15, 0.2) is 0 Å². The largest absolute Gasteiger partial charge is 0.358 e. The molecule has 5 heteroatoms. The summed E-state index contributed by atoms with van der Waals surface area (Å²) >= 11 is 0. The summed E-state index contributed by atoms with van der Waals surface area (Å²) in [6.07, 6.45) is 0.775. The van der Waals surface area contributed by atoms with E-state index < -0.39 is 0 Å². The van der Waals surface area contributed by atoms with Crippen LogP contribution < -0.4 is 5.32 Å². The number of H-pyrrole nitrogens is 1. The predicted octanol–water partition coefficient (Wildman–Crippen LogP) is 2.78. The van der Waals surface area contributed by atoms with Gasteiger partial charge in [0.2, 0.25) is 0 Å². The van der Waals surface area contributed by atoms with Crippen molar-refractivity contribution in [2.75, 3.05) is 6.54 Å². The third-order valence-electron chi connectivity index (χ3n) is 3.64. The van der Waals surface area contributed by atoms with Crippen LogP contribution in [0.5, 0.6) is 0 Å². The zero-order valence-corrected chi connectivity index (χ0v) is 11.7. The van der Waals surface area contributed by atoms with Gasteiger partial charge < -0.3 is 15.2 Å². The van der Waals surface area contributed by atoms with Crippen molar-refractivity contribution >= 4 is 16.9 Å². The van der Waals surface area contributed by atoms with Gasteiger partial charge in [-0.2, -0.15) is 0 Å². The standard InChI is InChI=1S/C15H18FN3O/c1-9(2)17-15(20)19-6-5-14-12(8-19)11-7-10(16)3-4-13(11)18-14/h3-4,7,9,18H,5-6,8H2,1-2H3,(H,17,20). The number of rotatable bonds is 1. The number of aromatic amines is 1. The number of aromatic nitrogens is 1. The maximum Gasteiger partial charge on any atom is 0.317 e. The number of amides is 2. The van der Waals surface area contributed by atoms with Crippen molar-refractivity contribution in [2.24, 2.45) is 0 Å². The van der Waals surface area contributed by atoms with Gasteiger partial charge in [-0.05, 0) is 32.0 Å². The highest BCUT2D eigenvalue weighted by Crippen LogP contribution is 2.28. The van der Waals surface area contributed by atoms with Crippen LogP contribution in [0.3, 0.4) is 0 Å². The zero-order chi connectivity index (χ0) is 14.3. The fraction of sp³-hybridized carbons (Fsp3) is 0.400. The Morgan fingerprint density at radius 1 is 1.45 bits per heavy atom. The molecule has 1 aliphatic heterocycles. The molecule has 1 aliphatic rings. The number of carbonyl (C=O) groups excluding carboxylic acids is 1. The van der Waals surface area contributed by atoms with Gasteiger partial charge in [-0.25, -0.2) is 9.18 Å². The number of hydrogen-bond acceptors (Lipinski definition) is 1. The third kappa shape index (κ3) is 2.24. The molecule has 1 aromatic heterocycles. The van der Waals surface area contributed by atoms with Gasteiger partial charge in [0.25, 0.3) is 0 Å². The van der Waals surface area contributed by atoms with Crippen molar-refractivity contribution in [2.45, 2.75) is 32.9 Å². The second-order valence-electron chi connectivity index (χ2n) is 5.55. The molecule has 0 fully saturated rings. The molecule has 2 N–H and O–H groups in total. The first-order valence-electron chi connectivity index (χ1n) is 6.89. The molecule has 0 saturated heterocycles. The molecule has 2 heterocycles. The average molecular weight is 275 g/mol. The highest BCUT2D eigenvalue weighted by molar-refractivity contribution is 5.86. The van der Waals surface area contributed by atoms with Gasteiger partial charge in [-0.3, -0.25) is 0 Å². The summed E-state index contributed by atoms with van der Waals surface area (Å²) in [5, 5.41) is 3.77. The number of benzene rings is 1. The normalized spacial score (nSPS) is 14.7. The quantitative estimate of drug-likeness (QED) is 0.826. The Bertz CT molecular complexity index is 662. The second-order valence-corrected chi connectivity index (χ2v) is 5.55. The number of hydrogen-bond donors (Lipinski definition) is 2. The van der Waals surface area contributed by atoms with Gasteiger partial charge in [-0.15, -0.1) is 0 Å². The number of urea groups is 1. The van der Waals surface area contributed by atoms with Gasteiger partial charge in [0.1, 0.15) is 5.82 Å². The predicted molar refractivity (Wildman–Crippen MR) is 76.0 cm³/mol. The Balaban J connectivity index is 1.92. The molecule has 0 unspecified atom stereocenters. The maximum atomic E-state index is 13.4. The molecule has 0 radical (unpaired) electrons. The Morgan fingerprint density at radius 2 is 2.25 bits per heavy atom. The summed E-state index contributed by atoms with van der Waals surface area (Å²) in [7, 11) is 0. The van der Waals surface area contributed by atoms with Crippen molar-refractivity contribution in [3.8, 4) is 0 Å². The minimum absolute atomic E-state index is 0.0589. The van der Waals surface area contributed by atoms with Gasteiger partial charge in [0.05, 0.1) is 0 Å². The lowest BCUT2D eigenvalue weighted by Gasteiger charge is -2.28. The van der Waals surface area contributed by atoms with Crippen molar-refractivity contribution in [3.63, 3.8) is 0 Å². The van der Waals surface area contributed by atoms with Crippen LogP contribution >= 0.6 is 0 Å². The van der Waals surface area contributed by atoms with E-state index in [4.69, 9.17) is 0 Å². The smallest absolute Gasteiger partial charge is 0.317 e. The topological polar surface area (TPSA) is 48.1 Å². The maximum absolute atomic E-state index is 13.4. The molecular weight excluding hydrogens is 257 g/mol. The molecule has 0 saturated carbocycles. The molecule has 0 aliphatic carbocycles. The lowest BCUT2D eigenvalue weighted by Crippen LogP contribution is -2.45. The van der Waals surface area contributed by atoms with Crippen LogP contribution in [-0.2, 0) is 13.0 Å². The lowest BCUT2D eigenvalue weighted by molar-refractivity contribution is 0.190. The van der Waals surface area contributed by atoms with E-state index in [1.54, 1.807) is 11.0 Å². The van der Waals surface area contributed by atoms with Crippen LogP contribution in [0.25, 0.3) is 10.9 Å². The molecule has 3 rings (SSSR count). The first kappa shape index (κ1) is 13.0. The Hall–Kier alpha value is -2.04. The zero-order valence-electron chi connectivity index (χ0n) is 11.7. The summed E-state index contributed by atoms with van der Waals surface area (Å²) in [6.45, 7) is 5.08. The number of nitrogens with zero attached hydrogens (tertiary/aromatic N) is 1. The third-order valence-corrected chi connectivity index (χ3v) is 3.64. The molecule has 0 atom stereocenters. The van der Waals surface area contributed by atoms with Crippen molar-refractivity contribution in [3.05, 3.63) is 35.3 Å². The Kier molecular flexibility index (Phi) is 3.12. The first-order chi connectivity index (χ1) is 9.54. The number of fused-ring (bicyclic) bond motifs is 3. The highest BCUT2D eigenvalue weighted by Gasteiger charge is 2.24. The van der Waals surface area contributed by atoms with E-state index in [-0.39, 0.29) is 17.9 Å². The number of halogens is 1. The van der Waals surface area contributed by atoms with E-state index >= 15 is 0 Å². The van der Waals surface area contributed by atoms with Crippen molar-refractivity contribution in [1.82, 2.24) is 15.2 Å². The van der Waals surface area contributed by atoms with E-state index in [1.165, 1.54) is 12.1 Å². The molecule has 2 amide bonds. The Morgan fingerprint density at radius 3 is 3.00 bits per heavy atom. The van der Waals surface area contributed by atoms with Crippen LogP contribution in [0, 0.1) is 5.82 Å². The minimum atomic E-state index is -0.247. The van der Waals surface area contributed by atoms with E-state index in [9.17, 15) is 9.18 Å². The molecule has 0 spiro atoms. The van der Waals surface area contributed by atoms with E-state index in [1.807, 2.05) is 13.8 Å². The summed E-state index contributed by atoms with van der Waals surface area (Å²) in [6, 6.07) is 4.80. The molecule has 2 aromatic rings. The average Bonchev–Trinajstić information content (AvgIpc) is 2.75.